The summed E-state index contributed by atoms with van der Waals surface area (Å²) in [6.45, 7) is 6.27. The van der Waals surface area contributed by atoms with Crippen LogP contribution in [0.15, 0.2) is 12.5 Å². The molecular formula is C17H26N6O. The first kappa shape index (κ1) is 16.7. The van der Waals surface area contributed by atoms with Gasteiger partial charge in [0.2, 0.25) is 5.91 Å². The van der Waals surface area contributed by atoms with Crippen LogP contribution in [0.1, 0.15) is 46.0 Å². The van der Waals surface area contributed by atoms with Gasteiger partial charge in [0.25, 0.3) is 0 Å². The van der Waals surface area contributed by atoms with Crippen LogP contribution in [-0.4, -0.2) is 44.8 Å². The fourth-order valence-electron chi connectivity index (χ4n) is 3.09. The molecule has 0 bridgehead atoms. The lowest BCUT2D eigenvalue weighted by Gasteiger charge is -2.21. The van der Waals surface area contributed by atoms with Gasteiger partial charge in [0.15, 0.2) is 5.65 Å². The van der Waals surface area contributed by atoms with Crippen molar-refractivity contribution in [3.63, 3.8) is 0 Å². The van der Waals surface area contributed by atoms with Gasteiger partial charge in [0.1, 0.15) is 18.7 Å². The maximum absolute atomic E-state index is 12.1. The zero-order chi connectivity index (χ0) is 16.9. The van der Waals surface area contributed by atoms with Crippen LogP contribution in [0, 0.1) is 0 Å². The highest BCUT2D eigenvalue weighted by atomic mass is 16.2. The van der Waals surface area contributed by atoms with E-state index in [1.165, 1.54) is 25.7 Å². The number of carbonyl (C=O) groups excluding carboxylic acids is 1. The molecule has 0 aliphatic carbocycles. The summed E-state index contributed by atoms with van der Waals surface area (Å²) in [6.07, 6.45) is 9.21. The van der Waals surface area contributed by atoms with E-state index in [2.05, 4.69) is 32.2 Å². The number of rotatable bonds is 5. The summed E-state index contributed by atoms with van der Waals surface area (Å²) in [5, 5.41) is 8.27. The van der Waals surface area contributed by atoms with E-state index in [1.54, 1.807) is 17.2 Å². The second-order valence-electron chi connectivity index (χ2n) is 6.51. The predicted octanol–water partition coefficient (Wildman–Crippen LogP) is 2.12. The third-order valence-electron chi connectivity index (χ3n) is 4.63. The van der Waals surface area contributed by atoms with E-state index >= 15 is 0 Å². The van der Waals surface area contributed by atoms with Gasteiger partial charge < -0.3 is 10.2 Å². The Morgan fingerprint density at radius 3 is 2.71 bits per heavy atom. The molecule has 1 aliphatic rings. The largest absolute Gasteiger partial charge is 0.356 e. The smallest absolute Gasteiger partial charge is 0.242 e. The first-order chi connectivity index (χ1) is 11.7. The van der Waals surface area contributed by atoms with Gasteiger partial charge in [0.05, 0.1) is 11.6 Å². The van der Waals surface area contributed by atoms with Crippen molar-refractivity contribution in [2.24, 2.45) is 0 Å². The Hall–Kier alpha value is -2.18. The molecule has 0 unspecified atom stereocenters. The van der Waals surface area contributed by atoms with Gasteiger partial charge in [-0.1, -0.05) is 19.8 Å². The summed E-state index contributed by atoms with van der Waals surface area (Å²) < 4.78 is 1.66. The Balaban J connectivity index is 1.82. The number of hydrogen-bond donors (Lipinski definition) is 1. The van der Waals surface area contributed by atoms with Crippen molar-refractivity contribution in [2.45, 2.75) is 58.5 Å². The van der Waals surface area contributed by atoms with Crippen molar-refractivity contribution in [3.05, 3.63) is 12.5 Å². The molecule has 1 aliphatic heterocycles. The Morgan fingerprint density at radius 1 is 1.25 bits per heavy atom. The standard InChI is InChI=1S/C17H26N6O/c1-3-13(2)21-15(24)11-23-17-14(10-20-23)16(18-12-19-17)22-8-6-4-5-7-9-22/h10,12-13H,3-9,11H2,1-2H3,(H,21,24)/t13-/m1/s1. The molecule has 3 rings (SSSR count). The van der Waals surface area contributed by atoms with Crippen LogP contribution < -0.4 is 10.2 Å². The van der Waals surface area contributed by atoms with Gasteiger partial charge in [-0.25, -0.2) is 14.6 Å². The predicted molar refractivity (Wildman–Crippen MR) is 93.9 cm³/mol. The lowest BCUT2D eigenvalue weighted by molar-refractivity contribution is -0.122. The molecule has 0 aromatic carbocycles. The van der Waals surface area contributed by atoms with E-state index in [1.807, 2.05) is 6.92 Å². The molecule has 0 spiro atoms. The molecular weight excluding hydrogens is 304 g/mol. The quantitative estimate of drug-likeness (QED) is 0.909. The summed E-state index contributed by atoms with van der Waals surface area (Å²) in [4.78, 5) is 23.3. The highest BCUT2D eigenvalue weighted by Crippen LogP contribution is 2.25. The van der Waals surface area contributed by atoms with E-state index in [0.29, 0.717) is 0 Å². The first-order valence-corrected chi connectivity index (χ1v) is 8.90. The van der Waals surface area contributed by atoms with Crippen LogP contribution in [0.4, 0.5) is 5.82 Å². The molecule has 130 valence electrons. The van der Waals surface area contributed by atoms with E-state index < -0.39 is 0 Å². The molecule has 1 atom stereocenters. The van der Waals surface area contributed by atoms with Crippen molar-refractivity contribution in [1.29, 1.82) is 0 Å². The molecule has 2 aromatic rings. The van der Waals surface area contributed by atoms with Gasteiger partial charge in [-0.2, -0.15) is 5.10 Å². The van der Waals surface area contributed by atoms with Crippen LogP contribution in [0.2, 0.25) is 0 Å². The van der Waals surface area contributed by atoms with E-state index in [-0.39, 0.29) is 18.5 Å². The van der Waals surface area contributed by atoms with Crippen LogP contribution in [0.25, 0.3) is 11.0 Å². The lowest BCUT2D eigenvalue weighted by atomic mass is 10.2. The van der Waals surface area contributed by atoms with Crippen molar-refractivity contribution < 1.29 is 4.79 Å². The van der Waals surface area contributed by atoms with Crippen LogP contribution in [-0.2, 0) is 11.3 Å². The molecule has 2 aromatic heterocycles. The second kappa shape index (κ2) is 7.59. The first-order valence-electron chi connectivity index (χ1n) is 8.90. The van der Waals surface area contributed by atoms with Crippen molar-refractivity contribution >= 4 is 22.8 Å². The topological polar surface area (TPSA) is 75.9 Å². The lowest BCUT2D eigenvalue weighted by Crippen LogP contribution is -2.34. The van der Waals surface area contributed by atoms with Crippen molar-refractivity contribution in [3.8, 4) is 0 Å². The summed E-state index contributed by atoms with van der Waals surface area (Å²) in [6, 6.07) is 0.168. The number of carbonyl (C=O) groups is 1. The molecule has 1 fully saturated rings. The fourth-order valence-corrected chi connectivity index (χ4v) is 3.09. The Kier molecular flexibility index (Phi) is 5.27. The van der Waals surface area contributed by atoms with E-state index in [0.717, 1.165) is 36.4 Å². The minimum Gasteiger partial charge on any atom is -0.356 e. The van der Waals surface area contributed by atoms with Crippen molar-refractivity contribution in [1.82, 2.24) is 25.1 Å². The third-order valence-corrected chi connectivity index (χ3v) is 4.63. The number of fused-ring (bicyclic) bond motifs is 1. The number of aromatic nitrogens is 4. The zero-order valence-corrected chi connectivity index (χ0v) is 14.5. The van der Waals surface area contributed by atoms with Gasteiger partial charge in [0, 0.05) is 19.1 Å². The van der Waals surface area contributed by atoms with Crippen LogP contribution in [0.3, 0.4) is 0 Å². The van der Waals surface area contributed by atoms with Crippen LogP contribution in [0.5, 0.6) is 0 Å². The number of amides is 1. The van der Waals surface area contributed by atoms with Crippen LogP contribution >= 0.6 is 0 Å². The Bertz CT molecular complexity index is 689. The number of nitrogens with zero attached hydrogens (tertiary/aromatic N) is 5. The molecule has 7 nitrogen and oxygen atoms in total. The summed E-state index contributed by atoms with van der Waals surface area (Å²) >= 11 is 0. The molecule has 0 saturated carbocycles. The van der Waals surface area contributed by atoms with Gasteiger partial charge in [-0.3, -0.25) is 4.79 Å². The Labute approximate surface area is 142 Å². The maximum Gasteiger partial charge on any atom is 0.242 e. The van der Waals surface area contributed by atoms with Gasteiger partial charge in [-0.05, 0) is 26.2 Å². The molecule has 3 heterocycles. The molecule has 1 saturated heterocycles. The SMILES string of the molecule is CC[C@@H](C)NC(=O)Cn1ncc2c(N3CCCCCC3)ncnc21. The third kappa shape index (κ3) is 3.66. The monoisotopic (exact) mass is 330 g/mol. The summed E-state index contributed by atoms with van der Waals surface area (Å²) in [5.41, 5.74) is 0.726. The Morgan fingerprint density at radius 2 is 2.00 bits per heavy atom. The summed E-state index contributed by atoms with van der Waals surface area (Å²) in [7, 11) is 0. The molecule has 1 amide bonds. The zero-order valence-electron chi connectivity index (χ0n) is 14.5. The summed E-state index contributed by atoms with van der Waals surface area (Å²) in [5.74, 6) is 0.903. The van der Waals surface area contributed by atoms with Gasteiger partial charge in [-0.15, -0.1) is 0 Å². The average Bonchev–Trinajstić information content (AvgIpc) is 2.81. The molecule has 0 radical (unpaired) electrons. The molecule has 24 heavy (non-hydrogen) atoms. The average molecular weight is 330 g/mol. The number of hydrogen-bond acceptors (Lipinski definition) is 5. The minimum atomic E-state index is -0.0377. The highest BCUT2D eigenvalue weighted by Gasteiger charge is 2.18. The second-order valence-corrected chi connectivity index (χ2v) is 6.51. The maximum atomic E-state index is 12.1. The normalized spacial score (nSPS) is 16.8. The van der Waals surface area contributed by atoms with Crippen molar-refractivity contribution in [2.75, 3.05) is 18.0 Å². The highest BCUT2D eigenvalue weighted by molar-refractivity contribution is 5.87. The minimum absolute atomic E-state index is 0.0377. The van der Waals surface area contributed by atoms with E-state index in [4.69, 9.17) is 0 Å². The fraction of sp³-hybridized carbons (Fsp3) is 0.647. The molecule has 7 heteroatoms. The number of anilines is 1. The molecule has 1 N–H and O–H groups in total. The van der Waals surface area contributed by atoms with E-state index in [9.17, 15) is 4.79 Å². The number of nitrogens with one attached hydrogen (secondary N) is 1. The van der Waals surface area contributed by atoms with Gasteiger partial charge >= 0.3 is 0 Å².